The van der Waals surface area contributed by atoms with Crippen molar-refractivity contribution in [2.24, 2.45) is 0 Å². The van der Waals surface area contributed by atoms with E-state index in [9.17, 15) is 14.0 Å². The summed E-state index contributed by atoms with van der Waals surface area (Å²) in [6.45, 7) is 0. The summed E-state index contributed by atoms with van der Waals surface area (Å²) in [5, 5.41) is 2.54. The number of esters is 1. The summed E-state index contributed by atoms with van der Waals surface area (Å²) in [4.78, 5) is 23.5. The van der Waals surface area contributed by atoms with Crippen molar-refractivity contribution in [1.29, 1.82) is 0 Å². The maximum atomic E-state index is 13.7. The summed E-state index contributed by atoms with van der Waals surface area (Å²) in [5.74, 6) is -1.76. The first-order chi connectivity index (χ1) is 10.0. The molecule has 0 spiro atoms. The van der Waals surface area contributed by atoms with Crippen LogP contribution in [0.25, 0.3) is 0 Å². The van der Waals surface area contributed by atoms with Crippen molar-refractivity contribution in [3.63, 3.8) is 0 Å². The molecule has 0 saturated heterocycles. The Kier molecular flexibility index (Phi) is 4.70. The van der Waals surface area contributed by atoms with Crippen LogP contribution in [0, 0.1) is 5.82 Å². The fraction of sp³-hybridized carbons (Fsp3) is 0.0667. The largest absolute Gasteiger partial charge is 0.465 e. The second-order valence-corrected chi connectivity index (χ2v) is 4.98. The van der Waals surface area contributed by atoms with E-state index in [1.165, 1.54) is 25.3 Å². The molecule has 0 bridgehead atoms. The SMILES string of the molecule is COC(=O)c1cccc(NC(=O)c2c(F)cccc2Br)c1. The van der Waals surface area contributed by atoms with Crippen LogP contribution in [-0.2, 0) is 4.74 Å². The van der Waals surface area contributed by atoms with E-state index in [4.69, 9.17) is 0 Å². The van der Waals surface area contributed by atoms with Gasteiger partial charge in [-0.25, -0.2) is 9.18 Å². The molecule has 0 atom stereocenters. The van der Waals surface area contributed by atoms with Crippen molar-refractivity contribution in [3.8, 4) is 0 Å². The van der Waals surface area contributed by atoms with E-state index in [0.717, 1.165) is 0 Å². The third-order valence-electron chi connectivity index (χ3n) is 2.73. The highest BCUT2D eigenvalue weighted by atomic mass is 79.9. The first-order valence-electron chi connectivity index (χ1n) is 5.96. The number of methoxy groups -OCH3 is 1. The topological polar surface area (TPSA) is 55.4 Å². The van der Waals surface area contributed by atoms with E-state index in [2.05, 4.69) is 26.0 Å². The molecule has 0 fully saturated rings. The van der Waals surface area contributed by atoms with Crippen LogP contribution in [-0.4, -0.2) is 19.0 Å². The first kappa shape index (κ1) is 15.2. The number of rotatable bonds is 3. The molecule has 2 aromatic rings. The van der Waals surface area contributed by atoms with Gasteiger partial charge in [0.15, 0.2) is 0 Å². The molecule has 4 nitrogen and oxygen atoms in total. The lowest BCUT2D eigenvalue weighted by atomic mass is 10.1. The van der Waals surface area contributed by atoms with Crippen LogP contribution >= 0.6 is 15.9 Å². The predicted octanol–water partition coefficient (Wildman–Crippen LogP) is 3.63. The minimum absolute atomic E-state index is 0.0963. The number of halogens is 2. The average molecular weight is 352 g/mol. The van der Waals surface area contributed by atoms with Gasteiger partial charge in [-0.1, -0.05) is 12.1 Å². The molecule has 1 N–H and O–H groups in total. The van der Waals surface area contributed by atoms with Crippen LogP contribution in [0.4, 0.5) is 10.1 Å². The molecule has 0 heterocycles. The lowest BCUT2D eigenvalue weighted by Crippen LogP contribution is -2.15. The van der Waals surface area contributed by atoms with Crippen molar-refractivity contribution in [1.82, 2.24) is 0 Å². The normalized spacial score (nSPS) is 10.0. The Morgan fingerprint density at radius 1 is 1.19 bits per heavy atom. The highest BCUT2D eigenvalue weighted by Gasteiger charge is 2.16. The molecular weight excluding hydrogens is 341 g/mol. The fourth-order valence-electron chi connectivity index (χ4n) is 1.75. The molecule has 0 aliphatic rings. The molecule has 2 rings (SSSR count). The molecule has 6 heteroatoms. The second-order valence-electron chi connectivity index (χ2n) is 4.12. The van der Waals surface area contributed by atoms with E-state index < -0.39 is 17.7 Å². The van der Waals surface area contributed by atoms with Gasteiger partial charge in [0.25, 0.3) is 5.91 Å². The summed E-state index contributed by atoms with van der Waals surface area (Å²) < 4.78 is 18.7. The van der Waals surface area contributed by atoms with Crippen LogP contribution in [0.1, 0.15) is 20.7 Å². The summed E-state index contributed by atoms with van der Waals surface area (Å²) in [5.41, 5.74) is 0.571. The Morgan fingerprint density at radius 2 is 1.90 bits per heavy atom. The fourth-order valence-corrected chi connectivity index (χ4v) is 2.27. The minimum Gasteiger partial charge on any atom is -0.465 e. The number of carbonyl (C=O) groups is 2. The number of hydrogen-bond donors (Lipinski definition) is 1. The molecule has 0 unspecified atom stereocenters. The molecule has 21 heavy (non-hydrogen) atoms. The monoisotopic (exact) mass is 351 g/mol. The third kappa shape index (κ3) is 3.46. The average Bonchev–Trinajstić information content (AvgIpc) is 2.46. The van der Waals surface area contributed by atoms with Crippen LogP contribution in [0.2, 0.25) is 0 Å². The van der Waals surface area contributed by atoms with Gasteiger partial charge >= 0.3 is 5.97 Å². The van der Waals surface area contributed by atoms with E-state index in [-0.39, 0.29) is 5.56 Å². The van der Waals surface area contributed by atoms with Gasteiger partial charge in [-0.05, 0) is 46.3 Å². The summed E-state index contributed by atoms with van der Waals surface area (Å²) in [6, 6.07) is 10.5. The van der Waals surface area contributed by atoms with E-state index in [1.807, 2.05) is 0 Å². The van der Waals surface area contributed by atoms with Crippen molar-refractivity contribution in [2.45, 2.75) is 0 Å². The highest BCUT2D eigenvalue weighted by molar-refractivity contribution is 9.10. The molecule has 2 aromatic carbocycles. The number of hydrogen-bond acceptors (Lipinski definition) is 3. The molecule has 0 aliphatic heterocycles. The molecule has 1 amide bonds. The number of carbonyl (C=O) groups excluding carboxylic acids is 2. The van der Waals surface area contributed by atoms with Crippen LogP contribution in [0.5, 0.6) is 0 Å². The Morgan fingerprint density at radius 3 is 2.57 bits per heavy atom. The number of amides is 1. The van der Waals surface area contributed by atoms with Crippen molar-refractivity contribution in [3.05, 3.63) is 63.9 Å². The van der Waals surface area contributed by atoms with Gasteiger partial charge in [0.05, 0.1) is 18.2 Å². The van der Waals surface area contributed by atoms with Crippen LogP contribution in [0.15, 0.2) is 46.9 Å². The standard InChI is InChI=1S/C15H11BrFNO3/c1-21-15(20)9-4-2-5-10(8-9)18-14(19)13-11(16)6-3-7-12(13)17/h2-8H,1H3,(H,18,19). The quantitative estimate of drug-likeness (QED) is 0.859. The Hall–Kier alpha value is -2.21. The van der Waals surface area contributed by atoms with Gasteiger partial charge in [-0.3, -0.25) is 4.79 Å². The summed E-state index contributed by atoms with van der Waals surface area (Å²) in [7, 11) is 1.27. The van der Waals surface area contributed by atoms with E-state index in [0.29, 0.717) is 15.7 Å². The van der Waals surface area contributed by atoms with Gasteiger partial charge in [0.1, 0.15) is 5.82 Å². The molecule has 0 radical (unpaired) electrons. The number of nitrogens with one attached hydrogen (secondary N) is 1. The van der Waals surface area contributed by atoms with Crippen molar-refractivity contribution < 1.29 is 18.7 Å². The highest BCUT2D eigenvalue weighted by Crippen LogP contribution is 2.21. The van der Waals surface area contributed by atoms with Gasteiger partial charge in [0, 0.05) is 10.2 Å². The summed E-state index contributed by atoms with van der Waals surface area (Å²) in [6.07, 6.45) is 0. The molecule has 0 aromatic heterocycles. The molecule has 108 valence electrons. The minimum atomic E-state index is -0.633. The zero-order valence-electron chi connectivity index (χ0n) is 11.0. The molecule has 0 saturated carbocycles. The zero-order chi connectivity index (χ0) is 15.4. The Labute approximate surface area is 129 Å². The van der Waals surface area contributed by atoms with Crippen molar-refractivity contribution in [2.75, 3.05) is 12.4 Å². The zero-order valence-corrected chi connectivity index (χ0v) is 12.6. The van der Waals surface area contributed by atoms with Crippen molar-refractivity contribution >= 4 is 33.5 Å². The lowest BCUT2D eigenvalue weighted by molar-refractivity contribution is 0.0600. The second kappa shape index (κ2) is 6.49. The van der Waals surface area contributed by atoms with Gasteiger partial charge in [-0.15, -0.1) is 0 Å². The molecule has 0 aliphatic carbocycles. The van der Waals surface area contributed by atoms with Crippen LogP contribution < -0.4 is 5.32 Å². The van der Waals surface area contributed by atoms with Gasteiger partial charge < -0.3 is 10.1 Å². The number of benzene rings is 2. The van der Waals surface area contributed by atoms with Gasteiger partial charge in [0.2, 0.25) is 0 Å². The maximum Gasteiger partial charge on any atom is 0.337 e. The Balaban J connectivity index is 2.26. The third-order valence-corrected chi connectivity index (χ3v) is 3.39. The Bertz CT molecular complexity index is 683. The number of ether oxygens (including phenoxy) is 1. The van der Waals surface area contributed by atoms with E-state index >= 15 is 0 Å². The van der Waals surface area contributed by atoms with Gasteiger partial charge in [-0.2, -0.15) is 0 Å². The summed E-state index contributed by atoms with van der Waals surface area (Å²) >= 11 is 3.14. The maximum absolute atomic E-state index is 13.7. The predicted molar refractivity (Wildman–Crippen MR) is 79.8 cm³/mol. The first-order valence-corrected chi connectivity index (χ1v) is 6.76. The number of anilines is 1. The van der Waals surface area contributed by atoms with E-state index in [1.54, 1.807) is 24.3 Å². The smallest absolute Gasteiger partial charge is 0.337 e. The lowest BCUT2D eigenvalue weighted by Gasteiger charge is -2.08. The van der Waals surface area contributed by atoms with Crippen LogP contribution in [0.3, 0.4) is 0 Å². The molecular formula is C15H11BrFNO3.